The lowest BCUT2D eigenvalue weighted by Gasteiger charge is -2.32. The molecule has 39 heavy (non-hydrogen) atoms. The van der Waals surface area contributed by atoms with Gasteiger partial charge in [-0.15, -0.1) is 0 Å². The molecular formula is C30H36ClN3O4S. The second-order valence-electron chi connectivity index (χ2n) is 9.55. The van der Waals surface area contributed by atoms with Crippen molar-refractivity contribution in [1.29, 1.82) is 0 Å². The van der Waals surface area contributed by atoms with Crippen molar-refractivity contribution in [1.82, 2.24) is 10.2 Å². The molecule has 0 radical (unpaired) electrons. The average molecular weight is 570 g/mol. The van der Waals surface area contributed by atoms with Crippen LogP contribution in [0.2, 0.25) is 5.02 Å². The quantitative estimate of drug-likeness (QED) is 0.327. The van der Waals surface area contributed by atoms with Gasteiger partial charge in [-0.25, -0.2) is 8.42 Å². The summed E-state index contributed by atoms with van der Waals surface area (Å²) in [6, 6.07) is 20.3. The number of sulfonamides is 1. The molecule has 0 spiro atoms. The van der Waals surface area contributed by atoms with Crippen LogP contribution in [0.25, 0.3) is 0 Å². The van der Waals surface area contributed by atoms with Gasteiger partial charge in [-0.3, -0.25) is 13.9 Å². The zero-order valence-electron chi connectivity index (χ0n) is 22.9. The van der Waals surface area contributed by atoms with Crippen molar-refractivity contribution in [2.45, 2.75) is 51.5 Å². The van der Waals surface area contributed by atoms with Gasteiger partial charge >= 0.3 is 0 Å². The topological polar surface area (TPSA) is 86.8 Å². The average Bonchev–Trinajstić information content (AvgIpc) is 2.92. The smallest absolute Gasteiger partial charge is 0.264 e. The molecule has 1 atom stereocenters. The van der Waals surface area contributed by atoms with E-state index in [1.54, 1.807) is 44.2 Å². The van der Waals surface area contributed by atoms with Crippen LogP contribution in [0.15, 0.2) is 77.7 Å². The van der Waals surface area contributed by atoms with E-state index in [0.29, 0.717) is 29.2 Å². The van der Waals surface area contributed by atoms with E-state index in [9.17, 15) is 18.0 Å². The summed E-state index contributed by atoms with van der Waals surface area (Å²) in [6.45, 7) is 7.49. The van der Waals surface area contributed by atoms with Crippen LogP contribution in [-0.2, 0) is 26.0 Å². The Balaban J connectivity index is 2.01. The second-order valence-corrected chi connectivity index (χ2v) is 11.8. The number of amides is 2. The van der Waals surface area contributed by atoms with E-state index in [4.69, 9.17) is 11.6 Å². The predicted molar refractivity (Wildman–Crippen MR) is 157 cm³/mol. The van der Waals surface area contributed by atoms with Crippen LogP contribution in [0.4, 0.5) is 5.69 Å². The maximum atomic E-state index is 13.9. The summed E-state index contributed by atoms with van der Waals surface area (Å²) in [7, 11) is -4.14. The van der Waals surface area contributed by atoms with Crippen molar-refractivity contribution < 1.29 is 18.0 Å². The lowest BCUT2D eigenvalue weighted by atomic mass is 10.1. The Kier molecular flexibility index (Phi) is 10.5. The molecule has 3 rings (SSSR count). The number of hydrogen-bond acceptors (Lipinski definition) is 4. The highest BCUT2D eigenvalue weighted by Gasteiger charge is 2.33. The van der Waals surface area contributed by atoms with Gasteiger partial charge in [-0.1, -0.05) is 72.6 Å². The van der Waals surface area contributed by atoms with Crippen LogP contribution < -0.4 is 9.62 Å². The van der Waals surface area contributed by atoms with Gasteiger partial charge < -0.3 is 10.2 Å². The maximum Gasteiger partial charge on any atom is 0.264 e. The molecule has 7 nitrogen and oxygen atoms in total. The fraction of sp³-hybridized carbons (Fsp3) is 0.333. The number of nitrogens with one attached hydrogen (secondary N) is 1. The Bertz CT molecular complexity index is 1380. The standard InChI is InChI=1S/C30H36ClN3O4S/c1-5-18-32-30(36)24(4)33(19-17-25-9-7-6-8-10-25)29(35)21-34(28-20-26(31)14-13-23(28)3)39(37,38)27-15-11-22(2)12-16-27/h6-16,20,24H,5,17-19,21H2,1-4H3,(H,32,36)/t24-/m0/s1. The van der Waals surface area contributed by atoms with Gasteiger partial charge in [0.05, 0.1) is 10.6 Å². The number of carbonyl (C=O) groups is 2. The number of aryl methyl sites for hydroxylation is 2. The van der Waals surface area contributed by atoms with E-state index in [-0.39, 0.29) is 17.3 Å². The van der Waals surface area contributed by atoms with Crippen molar-refractivity contribution in [2.24, 2.45) is 0 Å². The molecule has 0 unspecified atom stereocenters. The first-order valence-corrected chi connectivity index (χ1v) is 14.8. The number of benzene rings is 3. The monoisotopic (exact) mass is 569 g/mol. The summed E-state index contributed by atoms with van der Waals surface area (Å²) in [5, 5.41) is 3.19. The lowest BCUT2D eigenvalue weighted by molar-refractivity contribution is -0.138. The molecule has 0 saturated heterocycles. The minimum absolute atomic E-state index is 0.0600. The van der Waals surface area contributed by atoms with Crippen LogP contribution in [0.3, 0.4) is 0 Å². The first-order valence-electron chi connectivity index (χ1n) is 13.0. The molecule has 0 aliphatic heterocycles. The molecule has 0 aliphatic carbocycles. The third-order valence-corrected chi connectivity index (χ3v) is 8.54. The fourth-order valence-corrected chi connectivity index (χ4v) is 5.80. The van der Waals surface area contributed by atoms with Crippen molar-refractivity contribution in [3.05, 3.63) is 94.5 Å². The van der Waals surface area contributed by atoms with Crippen LogP contribution in [-0.4, -0.2) is 50.8 Å². The molecule has 0 fully saturated rings. The molecule has 2 amide bonds. The minimum atomic E-state index is -4.14. The Morgan fingerprint density at radius 3 is 2.28 bits per heavy atom. The Labute approximate surface area is 236 Å². The highest BCUT2D eigenvalue weighted by atomic mass is 35.5. The maximum absolute atomic E-state index is 13.9. The van der Waals surface area contributed by atoms with Crippen LogP contribution in [0.5, 0.6) is 0 Å². The molecule has 1 N–H and O–H groups in total. The SMILES string of the molecule is CCCNC(=O)[C@H](C)N(CCc1ccccc1)C(=O)CN(c1cc(Cl)ccc1C)S(=O)(=O)c1ccc(C)cc1. The Morgan fingerprint density at radius 1 is 0.974 bits per heavy atom. The number of carbonyl (C=O) groups excluding carboxylic acids is 2. The summed E-state index contributed by atoms with van der Waals surface area (Å²) in [4.78, 5) is 28.3. The normalized spacial score (nSPS) is 12.0. The molecule has 0 bridgehead atoms. The third-order valence-electron chi connectivity index (χ3n) is 6.53. The first kappa shape index (κ1) is 30.2. The van der Waals surface area contributed by atoms with Crippen LogP contribution in [0, 0.1) is 13.8 Å². The Hall–Kier alpha value is -3.36. The molecule has 3 aromatic rings. The van der Waals surface area contributed by atoms with Gasteiger partial charge in [0.1, 0.15) is 12.6 Å². The number of halogens is 1. The van der Waals surface area contributed by atoms with E-state index >= 15 is 0 Å². The predicted octanol–water partition coefficient (Wildman–Crippen LogP) is 5.14. The van der Waals surface area contributed by atoms with Gasteiger partial charge in [0, 0.05) is 18.1 Å². The zero-order chi connectivity index (χ0) is 28.6. The van der Waals surface area contributed by atoms with Crippen molar-refractivity contribution in [3.8, 4) is 0 Å². The van der Waals surface area contributed by atoms with Crippen LogP contribution in [0.1, 0.15) is 37.0 Å². The summed E-state index contributed by atoms with van der Waals surface area (Å²) in [5.41, 5.74) is 2.87. The van der Waals surface area contributed by atoms with Crippen molar-refractivity contribution in [2.75, 3.05) is 23.9 Å². The van der Waals surface area contributed by atoms with E-state index in [1.165, 1.54) is 17.0 Å². The van der Waals surface area contributed by atoms with Crippen molar-refractivity contribution >= 4 is 39.1 Å². The molecule has 0 aromatic heterocycles. The fourth-order valence-electron chi connectivity index (χ4n) is 4.17. The van der Waals surface area contributed by atoms with E-state index in [1.807, 2.05) is 44.2 Å². The summed E-state index contributed by atoms with van der Waals surface area (Å²) in [6.07, 6.45) is 1.27. The van der Waals surface area contributed by atoms with Crippen molar-refractivity contribution in [3.63, 3.8) is 0 Å². The van der Waals surface area contributed by atoms with Gasteiger partial charge in [0.2, 0.25) is 11.8 Å². The molecule has 9 heteroatoms. The summed E-state index contributed by atoms with van der Waals surface area (Å²) >= 11 is 6.27. The Morgan fingerprint density at radius 2 is 1.64 bits per heavy atom. The number of anilines is 1. The highest BCUT2D eigenvalue weighted by Crippen LogP contribution is 2.30. The molecular weight excluding hydrogens is 534 g/mol. The second kappa shape index (κ2) is 13.6. The van der Waals surface area contributed by atoms with Gasteiger partial charge in [-0.05, 0) is 69.0 Å². The highest BCUT2D eigenvalue weighted by molar-refractivity contribution is 7.92. The summed E-state index contributed by atoms with van der Waals surface area (Å²) < 4.78 is 28.9. The largest absolute Gasteiger partial charge is 0.354 e. The molecule has 0 saturated carbocycles. The van der Waals surface area contributed by atoms with Crippen LogP contribution >= 0.6 is 11.6 Å². The molecule has 3 aromatic carbocycles. The zero-order valence-corrected chi connectivity index (χ0v) is 24.4. The molecule has 208 valence electrons. The van der Waals surface area contributed by atoms with Gasteiger partial charge in [0.25, 0.3) is 10.0 Å². The van der Waals surface area contributed by atoms with Gasteiger partial charge in [-0.2, -0.15) is 0 Å². The van der Waals surface area contributed by atoms with E-state index in [0.717, 1.165) is 21.9 Å². The lowest BCUT2D eigenvalue weighted by Crippen LogP contribution is -2.52. The van der Waals surface area contributed by atoms with Gasteiger partial charge in [0.15, 0.2) is 0 Å². The number of nitrogens with zero attached hydrogens (tertiary/aromatic N) is 2. The summed E-state index contributed by atoms with van der Waals surface area (Å²) in [5.74, 6) is -0.773. The number of hydrogen-bond donors (Lipinski definition) is 1. The molecule has 0 heterocycles. The first-order chi connectivity index (χ1) is 18.5. The third kappa shape index (κ3) is 7.83. The molecule has 0 aliphatic rings. The van der Waals surface area contributed by atoms with E-state index < -0.39 is 28.5 Å². The minimum Gasteiger partial charge on any atom is -0.354 e. The van der Waals surface area contributed by atoms with E-state index in [2.05, 4.69) is 5.32 Å². The number of rotatable bonds is 12.